The summed E-state index contributed by atoms with van der Waals surface area (Å²) in [6.07, 6.45) is 9.22. The predicted molar refractivity (Wildman–Crippen MR) is 62.5 cm³/mol. The molecule has 2 nitrogen and oxygen atoms in total. The van der Waals surface area contributed by atoms with Crippen molar-refractivity contribution in [3.8, 4) is 0 Å². The zero-order valence-corrected chi connectivity index (χ0v) is 10.6. The van der Waals surface area contributed by atoms with E-state index in [0.717, 1.165) is 12.8 Å². The van der Waals surface area contributed by atoms with E-state index in [4.69, 9.17) is 4.74 Å². The normalized spacial score (nSPS) is 10.1. The molecule has 0 saturated carbocycles. The molecule has 0 spiro atoms. The molecule has 0 radical (unpaired) electrons. The first kappa shape index (κ1) is 13.9. The van der Waals surface area contributed by atoms with E-state index in [1.54, 1.807) is 0 Å². The third-order valence-corrected chi connectivity index (χ3v) is 2.43. The molecule has 84 valence electrons. The maximum Gasteiger partial charge on any atom is 0.306 e. The Hall–Kier alpha value is -0.0500. The Labute approximate surface area is 95.5 Å². The molecular weight excluding hydrogens is 244 g/mol. The number of halogens is 1. The summed E-state index contributed by atoms with van der Waals surface area (Å²) in [5.41, 5.74) is 0.322. The monoisotopic (exact) mass is 264 g/mol. The van der Waals surface area contributed by atoms with E-state index in [0.29, 0.717) is 11.9 Å². The molecule has 0 aliphatic rings. The number of hydrogen-bond acceptors (Lipinski definition) is 2. The lowest BCUT2D eigenvalue weighted by Gasteiger charge is -2.01. The lowest BCUT2D eigenvalue weighted by molar-refractivity contribution is -0.141. The summed E-state index contributed by atoms with van der Waals surface area (Å²) < 4.78 is 4.76. The van der Waals surface area contributed by atoms with Gasteiger partial charge in [-0.25, -0.2) is 0 Å². The van der Waals surface area contributed by atoms with E-state index < -0.39 is 0 Å². The molecule has 0 aromatic heterocycles. The van der Waals surface area contributed by atoms with Gasteiger partial charge >= 0.3 is 5.97 Å². The van der Waals surface area contributed by atoms with Crippen molar-refractivity contribution in [1.82, 2.24) is 0 Å². The van der Waals surface area contributed by atoms with Crippen molar-refractivity contribution in [2.45, 2.75) is 58.3 Å². The Morgan fingerprint density at radius 1 is 1.07 bits per heavy atom. The topological polar surface area (TPSA) is 26.3 Å². The van der Waals surface area contributed by atoms with Crippen molar-refractivity contribution >= 4 is 21.9 Å². The van der Waals surface area contributed by atoms with Crippen LogP contribution in [0.4, 0.5) is 0 Å². The van der Waals surface area contributed by atoms with Crippen LogP contribution in [0, 0.1) is 0 Å². The SMILES string of the molecule is CCCCCCCCCC(=O)OCBr. The first-order valence-corrected chi connectivity index (χ1v) is 6.65. The molecule has 0 aromatic carbocycles. The summed E-state index contributed by atoms with van der Waals surface area (Å²) >= 11 is 3.06. The number of carbonyl (C=O) groups is 1. The molecule has 3 heteroatoms. The molecule has 0 fully saturated rings. The first-order chi connectivity index (χ1) is 6.81. The summed E-state index contributed by atoms with van der Waals surface area (Å²) in [4.78, 5) is 10.9. The van der Waals surface area contributed by atoms with Gasteiger partial charge in [-0.15, -0.1) is 0 Å². The van der Waals surface area contributed by atoms with E-state index in [-0.39, 0.29) is 5.97 Å². The highest BCUT2D eigenvalue weighted by atomic mass is 79.9. The highest BCUT2D eigenvalue weighted by Crippen LogP contribution is 2.08. The van der Waals surface area contributed by atoms with Gasteiger partial charge in [0.15, 0.2) is 0 Å². The van der Waals surface area contributed by atoms with Gasteiger partial charge in [0.25, 0.3) is 0 Å². The highest BCUT2D eigenvalue weighted by molar-refractivity contribution is 9.09. The van der Waals surface area contributed by atoms with Crippen LogP contribution in [0.15, 0.2) is 0 Å². The summed E-state index contributed by atoms with van der Waals surface area (Å²) in [5.74, 6) is -0.0876. The summed E-state index contributed by atoms with van der Waals surface area (Å²) in [5, 5.41) is 0. The van der Waals surface area contributed by atoms with E-state index in [1.165, 1.54) is 32.1 Å². The van der Waals surface area contributed by atoms with Gasteiger partial charge < -0.3 is 4.74 Å². The first-order valence-electron chi connectivity index (χ1n) is 5.52. The van der Waals surface area contributed by atoms with Crippen LogP contribution < -0.4 is 0 Å². The fraction of sp³-hybridized carbons (Fsp3) is 0.909. The van der Waals surface area contributed by atoms with E-state index in [9.17, 15) is 4.79 Å². The van der Waals surface area contributed by atoms with Crippen LogP contribution in [0.5, 0.6) is 0 Å². The summed E-state index contributed by atoms with van der Waals surface area (Å²) in [6.45, 7) is 2.22. The Bertz CT molecular complexity index is 137. The maximum atomic E-state index is 10.9. The van der Waals surface area contributed by atoms with Crippen molar-refractivity contribution in [2.75, 3.05) is 5.52 Å². The fourth-order valence-electron chi connectivity index (χ4n) is 1.36. The Morgan fingerprint density at radius 2 is 1.64 bits per heavy atom. The number of alkyl halides is 1. The Balaban J connectivity index is 3.01. The Kier molecular flexibility index (Phi) is 11.0. The third kappa shape index (κ3) is 10.0. The van der Waals surface area contributed by atoms with Crippen molar-refractivity contribution < 1.29 is 9.53 Å². The molecule has 14 heavy (non-hydrogen) atoms. The van der Waals surface area contributed by atoms with Crippen molar-refractivity contribution in [3.63, 3.8) is 0 Å². The van der Waals surface area contributed by atoms with Crippen LogP contribution in [-0.4, -0.2) is 11.5 Å². The second-order valence-corrected chi connectivity index (χ2v) is 3.95. The molecule has 0 rings (SSSR count). The molecule has 0 aliphatic carbocycles. The highest BCUT2D eigenvalue weighted by Gasteiger charge is 2.00. The van der Waals surface area contributed by atoms with E-state index >= 15 is 0 Å². The standard InChI is InChI=1S/C11H21BrO2/c1-2-3-4-5-6-7-8-9-11(13)14-10-12/h2-10H2,1H3. The quantitative estimate of drug-likeness (QED) is 0.357. The van der Waals surface area contributed by atoms with Crippen molar-refractivity contribution in [1.29, 1.82) is 0 Å². The lowest BCUT2D eigenvalue weighted by Crippen LogP contribution is -2.01. The third-order valence-electron chi connectivity index (χ3n) is 2.20. The Morgan fingerprint density at radius 3 is 2.21 bits per heavy atom. The zero-order valence-electron chi connectivity index (χ0n) is 9.06. The van der Waals surface area contributed by atoms with E-state index in [1.807, 2.05) is 0 Å². The smallest absolute Gasteiger partial charge is 0.306 e. The molecule has 0 atom stereocenters. The van der Waals surface area contributed by atoms with E-state index in [2.05, 4.69) is 22.9 Å². The summed E-state index contributed by atoms with van der Waals surface area (Å²) in [6, 6.07) is 0. The zero-order chi connectivity index (χ0) is 10.6. The van der Waals surface area contributed by atoms with Crippen LogP contribution in [0.1, 0.15) is 58.3 Å². The van der Waals surface area contributed by atoms with Crippen molar-refractivity contribution in [3.05, 3.63) is 0 Å². The minimum atomic E-state index is -0.0876. The largest absolute Gasteiger partial charge is 0.454 e. The van der Waals surface area contributed by atoms with Crippen LogP contribution in [-0.2, 0) is 9.53 Å². The van der Waals surface area contributed by atoms with Crippen molar-refractivity contribution in [2.24, 2.45) is 0 Å². The van der Waals surface area contributed by atoms with Gasteiger partial charge in [-0.05, 0) is 22.4 Å². The van der Waals surface area contributed by atoms with Gasteiger partial charge in [0, 0.05) is 6.42 Å². The molecule has 0 amide bonds. The fourth-order valence-corrected chi connectivity index (χ4v) is 1.61. The van der Waals surface area contributed by atoms with Gasteiger partial charge in [0.2, 0.25) is 0 Å². The minimum absolute atomic E-state index is 0.0876. The molecular formula is C11H21BrO2. The van der Waals surface area contributed by atoms with Crippen LogP contribution in [0.2, 0.25) is 0 Å². The predicted octanol–water partition coefficient (Wildman–Crippen LogP) is 4.02. The minimum Gasteiger partial charge on any atom is -0.454 e. The lowest BCUT2D eigenvalue weighted by atomic mass is 10.1. The molecule has 0 saturated heterocycles. The molecule has 0 bridgehead atoms. The van der Waals surface area contributed by atoms with Crippen LogP contribution in [0.3, 0.4) is 0 Å². The van der Waals surface area contributed by atoms with Crippen LogP contribution >= 0.6 is 15.9 Å². The van der Waals surface area contributed by atoms with Gasteiger partial charge in [-0.3, -0.25) is 4.79 Å². The summed E-state index contributed by atoms with van der Waals surface area (Å²) in [7, 11) is 0. The number of rotatable bonds is 9. The molecule has 0 aliphatic heterocycles. The second-order valence-electron chi connectivity index (χ2n) is 3.50. The van der Waals surface area contributed by atoms with Gasteiger partial charge in [-0.2, -0.15) is 0 Å². The molecule has 0 unspecified atom stereocenters. The number of hydrogen-bond donors (Lipinski definition) is 0. The average molecular weight is 265 g/mol. The number of unbranched alkanes of at least 4 members (excludes halogenated alkanes) is 6. The number of esters is 1. The average Bonchev–Trinajstić information content (AvgIpc) is 2.17. The van der Waals surface area contributed by atoms with Gasteiger partial charge in [0.1, 0.15) is 5.52 Å². The van der Waals surface area contributed by atoms with Gasteiger partial charge in [-0.1, -0.05) is 45.4 Å². The maximum absolute atomic E-state index is 10.9. The number of ether oxygens (including phenoxy) is 1. The van der Waals surface area contributed by atoms with Crippen LogP contribution in [0.25, 0.3) is 0 Å². The van der Waals surface area contributed by atoms with Gasteiger partial charge in [0.05, 0.1) is 0 Å². The second kappa shape index (κ2) is 11.0. The molecule has 0 heterocycles. The molecule has 0 N–H and O–H groups in total. The molecule has 0 aromatic rings. The number of carbonyl (C=O) groups excluding carboxylic acids is 1.